The average Bonchev–Trinajstić information content (AvgIpc) is 3.62. The van der Waals surface area contributed by atoms with Crippen molar-refractivity contribution in [3.63, 3.8) is 0 Å². The lowest BCUT2D eigenvalue weighted by molar-refractivity contribution is -0.131. The molecular weight excluding hydrogens is 553 g/mol. The first-order valence-corrected chi connectivity index (χ1v) is 12.8. The fraction of sp³-hybridized carbons (Fsp3) is 0.138. The van der Waals surface area contributed by atoms with Crippen LogP contribution in [-0.4, -0.2) is 33.9 Å². The summed E-state index contributed by atoms with van der Waals surface area (Å²) in [5.41, 5.74) is 0.675. The van der Waals surface area contributed by atoms with Crippen LogP contribution in [0.3, 0.4) is 0 Å². The van der Waals surface area contributed by atoms with E-state index in [9.17, 15) is 14.0 Å². The number of carbonyl (C=O) groups is 2. The number of halogens is 2. The number of aromatic nitrogens is 3. The van der Waals surface area contributed by atoms with E-state index in [-0.39, 0.29) is 10.9 Å². The third kappa shape index (κ3) is 5.14. The average molecular weight is 574 g/mol. The van der Waals surface area contributed by atoms with E-state index in [2.05, 4.69) is 25.6 Å². The topological polar surface area (TPSA) is 128 Å². The SMILES string of the molecule is COc1cc2nccc(Oc3ncc(NC(=O)C4(C(=O)Nc5ccc(F)cc5)CC4)cc3Cl)c2cc1-c1ncco1. The van der Waals surface area contributed by atoms with Gasteiger partial charge in [0, 0.05) is 23.3 Å². The summed E-state index contributed by atoms with van der Waals surface area (Å²) in [7, 11) is 1.54. The van der Waals surface area contributed by atoms with Crippen molar-refractivity contribution < 1.29 is 27.9 Å². The molecule has 0 spiro atoms. The van der Waals surface area contributed by atoms with Crippen molar-refractivity contribution in [2.24, 2.45) is 5.41 Å². The largest absolute Gasteiger partial charge is 0.496 e. The summed E-state index contributed by atoms with van der Waals surface area (Å²) in [6.45, 7) is 0. The van der Waals surface area contributed by atoms with Gasteiger partial charge in [0.1, 0.15) is 34.0 Å². The standard InChI is InChI=1S/C29H21ClFN5O5/c1-39-24-14-22-19(13-20(24)25-33-10-11-40-25)23(6-9-32-22)41-26-21(30)12-18(15-34-26)36-28(38)29(7-8-29)27(37)35-17-4-2-16(31)3-5-17/h2-6,9-15H,7-8H2,1H3,(H,35,37)(H,36,38). The van der Waals surface area contributed by atoms with Gasteiger partial charge in [-0.15, -0.1) is 0 Å². The van der Waals surface area contributed by atoms with Gasteiger partial charge in [-0.2, -0.15) is 0 Å². The van der Waals surface area contributed by atoms with Gasteiger partial charge in [-0.1, -0.05) is 11.6 Å². The normalized spacial score (nSPS) is 13.4. The highest BCUT2D eigenvalue weighted by Crippen LogP contribution is 2.48. The zero-order chi connectivity index (χ0) is 28.6. The van der Waals surface area contributed by atoms with Crippen LogP contribution in [0, 0.1) is 11.2 Å². The van der Waals surface area contributed by atoms with E-state index in [1.165, 1.54) is 49.0 Å². The number of carbonyl (C=O) groups excluding carboxylic acids is 2. The van der Waals surface area contributed by atoms with Gasteiger partial charge in [0.25, 0.3) is 0 Å². The van der Waals surface area contributed by atoms with E-state index in [0.717, 1.165) is 0 Å². The number of hydrogen-bond acceptors (Lipinski definition) is 8. The Morgan fingerprint density at radius 1 is 0.951 bits per heavy atom. The van der Waals surface area contributed by atoms with E-state index in [1.54, 1.807) is 31.5 Å². The number of rotatable bonds is 8. The number of fused-ring (bicyclic) bond motifs is 1. The highest BCUT2D eigenvalue weighted by atomic mass is 35.5. The molecule has 1 saturated carbocycles. The minimum Gasteiger partial charge on any atom is -0.496 e. The molecule has 206 valence electrons. The summed E-state index contributed by atoms with van der Waals surface area (Å²) in [5, 5.41) is 6.16. The Balaban J connectivity index is 1.20. The molecule has 5 aromatic rings. The molecule has 2 N–H and O–H groups in total. The molecule has 0 bridgehead atoms. The number of nitrogens with zero attached hydrogens (tertiary/aromatic N) is 3. The van der Waals surface area contributed by atoms with Crippen molar-refractivity contribution in [3.05, 3.63) is 84.2 Å². The van der Waals surface area contributed by atoms with Crippen LogP contribution in [0.4, 0.5) is 15.8 Å². The maximum atomic E-state index is 13.2. The first-order valence-electron chi connectivity index (χ1n) is 12.4. The summed E-state index contributed by atoms with van der Waals surface area (Å²) in [5.74, 6) is 0.0387. The molecule has 6 rings (SSSR count). The fourth-order valence-electron chi connectivity index (χ4n) is 4.32. The predicted molar refractivity (Wildman–Crippen MR) is 148 cm³/mol. The molecule has 0 aliphatic heterocycles. The molecule has 0 radical (unpaired) electrons. The Bertz CT molecular complexity index is 1780. The fourth-order valence-corrected chi connectivity index (χ4v) is 4.52. The van der Waals surface area contributed by atoms with Gasteiger partial charge in [0.2, 0.25) is 23.6 Å². The van der Waals surface area contributed by atoms with Crippen molar-refractivity contribution in [1.29, 1.82) is 0 Å². The van der Waals surface area contributed by atoms with Gasteiger partial charge in [-0.25, -0.2) is 14.4 Å². The molecule has 2 amide bonds. The Morgan fingerprint density at radius 2 is 1.71 bits per heavy atom. The van der Waals surface area contributed by atoms with Crippen LogP contribution in [0.2, 0.25) is 5.02 Å². The van der Waals surface area contributed by atoms with Gasteiger partial charge in [-0.05, 0) is 55.3 Å². The van der Waals surface area contributed by atoms with Crippen molar-refractivity contribution in [1.82, 2.24) is 15.0 Å². The van der Waals surface area contributed by atoms with Crippen molar-refractivity contribution in [2.75, 3.05) is 17.7 Å². The number of anilines is 2. The molecule has 1 fully saturated rings. The molecule has 3 aromatic heterocycles. The molecule has 3 heterocycles. The first kappa shape index (κ1) is 26.2. The number of pyridine rings is 2. The highest BCUT2D eigenvalue weighted by molar-refractivity contribution is 6.32. The van der Waals surface area contributed by atoms with E-state index in [0.29, 0.717) is 58.1 Å². The molecule has 1 aliphatic rings. The molecule has 0 saturated heterocycles. The number of nitrogens with one attached hydrogen (secondary N) is 2. The number of amides is 2. The second-order valence-electron chi connectivity index (χ2n) is 9.33. The summed E-state index contributed by atoms with van der Waals surface area (Å²) in [6, 6.07) is 12.0. The molecule has 0 unspecified atom stereocenters. The summed E-state index contributed by atoms with van der Waals surface area (Å²) >= 11 is 6.48. The first-order chi connectivity index (χ1) is 19.9. The van der Waals surface area contributed by atoms with Crippen LogP contribution in [0.1, 0.15) is 12.8 Å². The Hall–Kier alpha value is -5.03. The third-order valence-corrected chi connectivity index (χ3v) is 6.95. The third-order valence-electron chi connectivity index (χ3n) is 6.68. The lowest BCUT2D eigenvalue weighted by Crippen LogP contribution is -2.35. The molecule has 0 atom stereocenters. The second-order valence-corrected chi connectivity index (χ2v) is 9.73. The van der Waals surface area contributed by atoms with E-state index in [1.807, 2.05) is 0 Å². The highest BCUT2D eigenvalue weighted by Gasteiger charge is 2.56. The zero-order valence-electron chi connectivity index (χ0n) is 21.5. The second kappa shape index (κ2) is 10.5. The van der Waals surface area contributed by atoms with Gasteiger partial charge >= 0.3 is 0 Å². The van der Waals surface area contributed by atoms with Crippen LogP contribution in [0.25, 0.3) is 22.4 Å². The van der Waals surface area contributed by atoms with Crippen LogP contribution < -0.4 is 20.1 Å². The van der Waals surface area contributed by atoms with Crippen molar-refractivity contribution >= 4 is 45.7 Å². The number of benzene rings is 2. The quantitative estimate of drug-likeness (QED) is 0.209. The van der Waals surface area contributed by atoms with Gasteiger partial charge < -0.3 is 24.5 Å². The minimum absolute atomic E-state index is 0.0980. The van der Waals surface area contributed by atoms with E-state index < -0.39 is 23.0 Å². The van der Waals surface area contributed by atoms with Gasteiger partial charge in [0.05, 0.1) is 36.3 Å². The lowest BCUT2D eigenvalue weighted by Gasteiger charge is -2.16. The number of ether oxygens (including phenoxy) is 2. The van der Waals surface area contributed by atoms with E-state index >= 15 is 0 Å². The summed E-state index contributed by atoms with van der Waals surface area (Å²) in [4.78, 5) is 38.8. The lowest BCUT2D eigenvalue weighted by atomic mass is 10.0. The Kier molecular flexibility index (Phi) is 6.72. The monoisotopic (exact) mass is 573 g/mol. The van der Waals surface area contributed by atoms with Crippen LogP contribution in [0.5, 0.6) is 17.4 Å². The Labute approximate surface area is 237 Å². The van der Waals surface area contributed by atoms with Crippen LogP contribution >= 0.6 is 11.6 Å². The number of methoxy groups -OCH3 is 1. The van der Waals surface area contributed by atoms with Crippen molar-refractivity contribution in [3.8, 4) is 28.8 Å². The number of hydrogen-bond donors (Lipinski definition) is 2. The molecular formula is C29H21ClFN5O5. The maximum absolute atomic E-state index is 13.2. The summed E-state index contributed by atoms with van der Waals surface area (Å²) < 4.78 is 30.2. The molecule has 41 heavy (non-hydrogen) atoms. The zero-order valence-corrected chi connectivity index (χ0v) is 22.2. The van der Waals surface area contributed by atoms with Crippen molar-refractivity contribution in [2.45, 2.75) is 12.8 Å². The van der Waals surface area contributed by atoms with Crippen LogP contribution in [0.15, 0.2) is 77.8 Å². The molecule has 12 heteroatoms. The minimum atomic E-state index is -1.23. The smallest absolute Gasteiger partial charge is 0.240 e. The van der Waals surface area contributed by atoms with Gasteiger partial charge in [0.15, 0.2) is 0 Å². The maximum Gasteiger partial charge on any atom is 0.240 e. The predicted octanol–water partition coefficient (Wildman–Crippen LogP) is 6.24. The number of oxazole rings is 1. The molecule has 10 nitrogen and oxygen atoms in total. The van der Waals surface area contributed by atoms with Crippen LogP contribution in [-0.2, 0) is 9.59 Å². The summed E-state index contributed by atoms with van der Waals surface area (Å²) in [6.07, 6.45) is 6.72. The van der Waals surface area contributed by atoms with E-state index in [4.69, 9.17) is 25.5 Å². The molecule has 2 aromatic carbocycles. The Morgan fingerprint density at radius 3 is 2.37 bits per heavy atom. The van der Waals surface area contributed by atoms with Gasteiger partial charge in [-0.3, -0.25) is 14.6 Å². The molecule has 1 aliphatic carbocycles.